The molecule has 0 spiro atoms. The van der Waals surface area contributed by atoms with Gasteiger partial charge in [-0.15, -0.1) is 0 Å². The molecular formula is C15H28N4O3. The van der Waals surface area contributed by atoms with Gasteiger partial charge in [-0.3, -0.25) is 4.79 Å². The maximum atomic E-state index is 11.6. The summed E-state index contributed by atoms with van der Waals surface area (Å²) >= 11 is 0. The molecule has 0 bridgehead atoms. The Morgan fingerprint density at radius 3 is 2.86 bits per heavy atom. The van der Waals surface area contributed by atoms with Crippen molar-refractivity contribution in [3.8, 4) is 0 Å². The number of ether oxygens (including phenoxy) is 2. The molecule has 22 heavy (non-hydrogen) atoms. The number of hydrogen-bond acceptors (Lipinski definition) is 4. The van der Waals surface area contributed by atoms with Crippen LogP contribution in [0.3, 0.4) is 0 Å². The van der Waals surface area contributed by atoms with Crippen molar-refractivity contribution in [3.05, 3.63) is 0 Å². The largest absolute Gasteiger partial charge is 0.379 e. The lowest BCUT2D eigenvalue weighted by atomic mass is 10.3. The highest BCUT2D eigenvalue weighted by Crippen LogP contribution is 2.18. The average molecular weight is 312 g/mol. The molecule has 126 valence electrons. The lowest BCUT2D eigenvalue weighted by Gasteiger charge is -2.12. The Labute approximate surface area is 132 Å². The third-order valence-electron chi connectivity index (χ3n) is 3.52. The second-order valence-corrected chi connectivity index (χ2v) is 5.67. The molecular weight excluding hydrogens is 284 g/mol. The van der Waals surface area contributed by atoms with Gasteiger partial charge in [0.1, 0.15) is 6.54 Å². The van der Waals surface area contributed by atoms with Crippen LogP contribution in [0.1, 0.15) is 32.6 Å². The first kappa shape index (κ1) is 17.0. The summed E-state index contributed by atoms with van der Waals surface area (Å²) in [6, 6.07) is 0.384. The molecule has 1 saturated carbocycles. The van der Waals surface area contributed by atoms with E-state index in [2.05, 4.69) is 20.9 Å². The molecule has 0 radical (unpaired) electrons. The van der Waals surface area contributed by atoms with Crippen molar-refractivity contribution in [2.45, 2.75) is 44.8 Å². The maximum Gasteiger partial charge on any atom is 0.242 e. The number of aliphatic imine (C=N–C) groups is 1. The van der Waals surface area contributed by atoms with Crippen molar-refractivity contribution in [1.82, 2.24) is 16.0 Å². The van der Waals surface area contributed by atoms with Gasteiger partial charge in [-0.2, -0.15) is 0 Å². The van der Waals surface area contributed by atoms with Gasteiger partial charge in [0, 0.05) is 32.3 Å². The van der Waals surface area contributed by atoms with E-state index in [1.54, 1.807) is 0 Å². The zero-order valence-corrected chi connectivity index (χ0v) is 13.4. The van der Waals surface area contributed by atoms with Gasteiger partial charge in [-0.1, -0.05) is 0 Å². The molecule has 0 aromatic carbocycles. The Bertz CT molecular complexity index is 366. The van der Waals surface area contributed by atoms with Gasteiger partial charge in [0.25, 0.3) is 0 Å². The van der Waals surface area contributed by atoms with Crippen molar-refractivity contribution in [2.75, 3.05) is 39.5 Å². The van der Waals surface area contributed by atoms with Crippen LogP contribution in [0.25, 0.3) is 0 Å². The van der Waals surface area contributed by atoms with Gasteiger partial charge in [0.05, 0.1) is 12.7 Å². The molecule has 1 unspecified atom stereocenters. The zero-order chi connectivity index (χ0) is 15.6. The summed E-state index contributed by atoms with van der Waals surface area (Å²) in [7, 11) is 0. The number of guanidine groups is 1. The summed E-state index contributed by atoms with van der Waals surface area (Å²) in [5.41, 5.74) is 0. The molecule has 1 aliphatic carbocycles. The third-order valence-corrected chi connectivity index (χ3v) is 3.52. The zero-order valence-electron chi connectivity index (χ0n) is 13.4. The van der Waals surface area contributed by atoms with Crippen LogP contribution in [-0.4, -0.2) is 63.5 Å². The maximum absolute atomic E-state index is 11.6. The van der Waals surface area contributed by atoms with Gasteiger partial charge in [-0.25, -0.2) is 4.99 Å². The van der Waals surface area contributed by atoms with E-state index in [1.807, 2.05) is 6.92 Å². The lowest BCUT2D eigenvalue weighted by molar-refractivity contribution is -0.119. The van der Waals surface area contributed by atoms with Gasteiger partial charge in [0.15, 0.2) is 5.96 Å². The van der Waals surface area contributed by atoms with Crippen LogP contribution in [0, 0.1) is 0 Å². The summed E-state index contributed by atoms with van der Waals surface area (Å²) in [4.78, 5) is 15.9. The van der Waals surface area contributed by atoms with E-state index in [0.29, 0.717) is 25.2 Å². The highest BCUT2D eigenvalue weighted by Gasteiger charge is 2.22. The van der Waals surface area contributed by atoms with E-state index in [1.165, 1.54) is 0 Å². The fourth-order valence-electron chi connectivity index (χ4n) is 2.17. The van der Waals surface area contributed by atoms with Crippen molar-refractivity contribution in [1.29, 1.82) is 0 Å². The molecule has 1 heterocycles. The molecule has 2 aliphatic rings. The van der Waals surface area contributed by atoms with Crippen molar-refractivity contribution in [2.24, 2.45) is 4.99 Å². The van der Waals surface area contributed by atoms with Gasteiger partial charge >= 0.3 is 0 Å². The first-order valence-electron chi connectivity index (χ1n) is 8.29. The molecule has 7 heteroatoms. The van der Waals surface area contributed by atoms with Gasteiger partial charge < -0.3 is 25.4 Å². The fraction of sp³-hybridized carbons (Fsp3) is 0.867. The predicted octanol–water partition coefficient (Wildman–Crippen LogP) is 0.0157. The van der Waals surface area contributed by atoms with Crippen molar-refractivity contribution >= 4 is 11.9 Å². The molecule has 3 N–H and O–H groups in total. The molecule has 0 aromatic rings. The van der Waals surface area contributed by atoms with E-state index >= 15 is 0 Å². The SMILES string of the molecule is CCNC(=NCC(=O)NC1CC1)NCCCOC1CCOC1. The highest BCUT2D eigenvalue weighted by molar-refractivity contribution is 5.85. The monoisotopic (exact) mass is 312 g/mol. The van der Waals surface area contributed by atoms with Crippen LogP contribution in [0.5, 0.6) is 0 Å². The molecule has 2 rings (SSSR count). The van der Waals surface area contributed by atoms with E-state index < -0.39 is 0 Å². The smallest absolute Gasteiger partial charge is 0.242 e. The molecule has 7 nitrogen and oxygen atoms in total. The Kier molecular flexibility index (Phi) is 7.45. The van der Waals surface area contributed by atoms with Gasteiger partial charge in [0.2, 0.25) is 5.91 Å². The van der Waals surface area contributed by atoms with Crippen LogP contribution in [0.15, 0.2) is 4.99 Å². The second-order valence-electron chi connectivity index (χ2n) is 5.67. The summed E-state index contributed by atoms with van der Waals surface area (Å²) < 4.78 is 11.0. The standard InChI is InChI=1S/C15H28N4O3/c1-2-16-15(18-10-14(20)19-12-4-5-12)17-7-3-8-22-13-6-9-21-11-13/h12-13H,2-11H2,1H3,(H,19,20)(H2,16,17,18). The number of nitrogens with one attached hydrogen (secondary N) is 3. The summed E-state index contributed by atoms with van der Waals surface area (Å²) in [6.45, 7) is 5.95. The highest BCUT2D eigenvalue weighted by atomic mass is 16.5. The second kappa shape index (κ2) is 9.63. The Morgan fingerprint density at radius 1 is 1.32 bits per heavy atom. The summed E-state index contributed by atoms with van der Waals surface area (Å²) in [5, 5.41) is 9.28. The number of carbonyl (C=O) groups is 1. The van der Waals surface area contributed by atoms with Crippen molar-refractivity contribution < 1.29 is 14.3 Å². The van der Waals surface area contributed by atoms with Crippen LogP contribution in [0.4, 0.5) is 0 Å². The molecule has 1 amide bonds. The number of hydrogen-bond donors (Lipinski definition) is 3. The minimum absolute atomic E-state index is 0.00994. The van der Waals surface area contributed by atoms with E-state index in [4.69, 9.17) is 9.47 Å². The molecule has 2 fully saturated rings. The Hall–Kier alpha value is -1.34. The Morgan fingerprint density at radius 2 is 2.18 bits per heavy atom. The number of carbonyl (C=O) groups excluding carboxylic acids is 1. The van der Waals surface area contributed by atoms with E-state index in [9.17, 15) is 4.79 Å². The number of amides is 1. The van der Waals surface area contributed by atoms with Crippen LogP contribution in [-0.2, 0) is 14.3 Å². The van der Waals surface area contributed by atoms with Crippen LogP contribution in [0.2, 0.25) is 0 Å². The lowest BCUT2D eigenvalue weighted by Crippen LogP contribution is -2.39. The molecule has 1 atom stereocenters. The minimum Gasteiger partial charge on any atom is -0.379 e. The number of rotatable bonds is 9. The van der Waals surface area contributed by atoms with Crippen LogP contribution >= 0.6 is 0 Å². The molecule has 1 saturated heterocycles. The topological polar surface area (TPSA) is 84.0 Å². The predicted molar refractivity (Wildman–Crippen MR) is 84.9 cm³/mol. The first-order chi connectivity index (χ1) is 10.8. The first-order valence-corrected chi connectivity index (χ1v) is 8.29. The molecule has 0 aromatic heterocycles. The summed E-state index contributed by atoms with van der Waals surface area (Å²) in [5.74, 6) is 0.668. The quantitative estimate of drug-likeness (QED) is 0.317. The van der Waals surface area contributed by atoms with Crippen LogP contribution < -0.4 is 16.0 Å². The van der Waals surface area contributed by atoms with E-state index in [-0.39, 0.29) is 18.6 Å². The number of nitrogens with zero attached hydrogens (tertiary/aromatic N) is 1. The fourth-order valence-corrected chi connectivity index (χ4v) is 2.17. The minimum atomic E-state index is -0.00994. The van der Waals surface area contributed by atoms with Crippen molar-refractivity contribution in [3.63, 3.8) is 0 Å². The van der Waals surface area contributed by atoms with E-state index in [0.717, 1.165) is 45.4 Å². The Balaban J connectivity index is 1.56. The average Bonchev–Trinajstić information content (AvgIpc) is 3.16. The third kappa shape index (κ3) is 7.09. The molecule has 1 aliphatic heterocycles. The van der Waals surface area contributed by atoms with Gasteiger partial charge in [-0.05, 0) is 32.6 Å². The normalized spacial score (nSPS) is 21.7. The summed E-state index contributed by atoms with van der Waals surface area (Å²) in [6.07, 6.45) is 4.34.